The van der Waals surface area contributed by atoms with Crippen LogP contribution in [0.15, 0.2) is 48.7 Å². The molecule has 1 aliphatic rings. The third-order valence-electron chi connectivity index (χ3n) is 5.34. The van der Waals surface area contributed by atoms with Gasteiger partial charge in [0.05, 0.1) is 43.8 Å². The molecule has 2 heterocycles. The molecule has 2 amide bonds. The van der Waals surface area contributed by atoms with Crippen LogP contribution in [0.5, 0.6) is 11.5 Å². The van der Waals surface area contributed by atoms with Gasteiger partial charge in [-0.2, -0.15) is 5.10 Å². The van der Waals surface area contributed by atoms with Crippen molar-refractivity contribution < 1.29 is 23.5 Å². The number of hydrogen-bond acceptors (Lipinski definition) is 5. The topological polar surface area (TPSA) is 85.7 Å². The van der Waals surface area contributed by atoms with Gasteiger partial charge in [0.2, 0.25) is 0 Å². The molecule has 0 spiro atoms. The molecule has 1 aromatic heterocycles. The second kappa shape index (κ2) is 9.09. The van der Waals surface area contributed by atoms with Crippen molar-refractivity contribution >= 4 is 17.5 Å². The summed E-state index contributed by atoms with van der Waals surface area (Å²) in [5, 5.41) is 7.02. The number of halogens is 1. The van der Waals surface area contributed by atoms with Crippen LogP contribution in [-0.2, 0) is 13.1 Å². The van der Waals surface area contributed by atoms with Crippen molar-refractivity contribution in [2.45, 2.75) is 19.5 Å². The van der Waals surface area contributed by atoms with Crippen molar-refractivity contribution in [3.8, 4) is 11.5 Å². The zero-order chi connectivity index (χ0) is 22.7. The fourth-order valence-corrected chi connectivity index (χ4v) is 3.71. The van der Waals surface area contributed by atoms with Gasteiger partial charge in [-0.15, -0.1) is 0 Å². The van der Waals surface area contributed by atoms with E-state index in [-0.39, 0.29) is 12.5 Å². The predicted octanol–water partition coefficient (Wildman–Crippen LogP) is 3.34. The summed E-state index contributed by atoms with van der Waals surface area (Å²) >= 11 is 0. The van der Waals surface area contributed by atoms with Crippen molar-refractivity contribution in [3.63, 3.8) is 0 Å². The number of rotatable bonds is 5. The molecule has 4 rings (SSSR count). The van der Waals surface area contributed by atoms with E-state index in [0.717, 1.165) is 0 Å². The number of amides is 2. The minimum atomic E-state index is -0.443. The molecule has 0 aliphatic carbocycles. The molecular formula is C23H23FN4O4. The lowest BCUT2D eigenvalue weighted by molar-refractivity contribution is 0.0740. The summed E-state index contributed by atoms with van der Waals surface area (Å²) in [6, 6.07) is 10.7. The van der Waals surface area contributed by atoms with Gasteiger partial charge in [-0.25, -0.2) is 4.39 Å². The van der Waals surface area contributed by atoms with Gasteiger partial charge < -0.3 is 19.7 Å². The summed E-state index contributed by atoms with van der Waals surface area (Å²) < 4.78 is 25.8. The number of carbonyl (C=O) groups excluding carboxylic acids is 2. The Hall–Kier alpha value is -3.88. The Balaban J connectivity index is 1.59. The molecule has 0 radical (unpaired) electrons. The number of nitrogens with zero attached hydrogens (tertiary/aromatic N) is 3. The Morgan fingerprint density at radius 2 is 1.91 bits per heavy atom. The van der Waals surface area contributed by atoms with Crippen molar-refractivity contribution in [1.82, 2.24) is 14.7 Å². The summed E-state index contributed by atoms with van der Waals surface area (Å²) in [6.45, 7) is 1.29. The van der Waals surface area contributed by atoms with Gasteiger partial charge in [0.25, 0.3) is 11.8 Å². The van der Waals surface area contributed by atoms with E-state index in [1.54, 1.807) is 41.0 Å². The molecule has 0 fully saturated rings. The maximum atomic E-state index is 13.5. The van der Waals surface area contributed by atoms with Crippen molar-refractivity contribution in [1.29, 1.82) is 0 Å². The lowest BCUT2D eigenvalue weighted by Crippen LogP contribution is -2.31. The van der Waals surface area contributed by atoms with Crippen molar-refractivity contribution in [2.75, 3.05) is 26.1 Å². The number of methoxy groups -OCH3 is 2. The monoisotopic (exact) mass is 438 g/mol. The molecule has 166 valence electrons. The fraction of sp³-hybridized carbons (Fsp3) is 0.261. The average Bonchev–Trinajstić information content (AvgIpc) is 3.08. The highest BCUT2D eigenvalue weighted by molar-refractivity contribution is 6.05. The van der Waals surface area contributed by atoms with E-state index in [0.29, 0.717) is 53.5 Å². The van der Waals surface area contributed by atoms with E-state index in [2.05, 4.69) is 10.4 Å². The van der Waals surface area contributed by atoms with E-state index in [9.17, 15) is 14.0 Å². The molecule has 8 nitrogen and oxygen atoms in total. The molecule has 3 aromatic rings. The first kappa shape index (κ1) is 21.4. The summed E-state index contributed by atoms with van der Waals surface area (Å²) in [6.07, 6.45) is 2.16. The molecule has 2 aromatic carbocycles. The number of aryl methyl sites for hydroxylation is 1. The second-order valence-corrected chi connectivity index (χ2v) is 7.34. The zero-order valence-electron chi connectivity index (χ0n) is 17.8. The molecule has 0 saturated heterocycles. The van der Waals surface area contributed by atoms with E-state index < -0.39 is 11.7 Å². The SMILES string of the molecule is COc1ccc(C(=O)N2CCCn3ncc(C(=O)Nc4cccc(F)c4)c3C2)c(OC)c1. The molecule has 32 heavy (non-hydrogen) atoms. The van der Waals surface area contributed by atoms with E-state index >= 15 is 0 Å². The lowest BCUT2D eigenvalue weighted by Gasteiger charge is -2.22. The highest BCUT2D eigenvalue weighted by Crippen LogP contribution is 2.27. The first-order valence-corrected chi connectivity index (χ1v) is 10.1. The fourth-order valence-electron chi connectivity index (χ4n) is 3.71. The molecule has 1 aliphatic heterocycles. The number of hydrogen-bond donors (Lipinski definition) is 1. The molecule has 9 heteroatoms. The first-order valence-electron chi connectivity index (χ1n) is 10.1. The molecule has 0 saturated carbocycles. The highest BCUT2D eigenvalue weighted by Gasteiger charge is 2.27. The van der Waals surface area contributed by atoms with Gasteiger partial charge in [-0.3, -0.25) is 14.3 Å². The minimum Gasteiger partial charge on any atom is -0.497 e. The standard InChI is InChI=1S/C23H23FN4O4/c1-31-17-7-8-18(21(12-17)32-2)23(30)27-9-4-10-28-20(14-27)19(13-25-28)22(29)26-16-6-3-5-15(24)11-16/h3,5-8,11-13H,4,9-10,14H2,1-2H3,(H,26,29). The summed E-state index contributed by atoms with van der Waals surface area (Å²) in [5.74, 6) is -0.0644. The van der Waals surface area contributed by atoms with Crippen molar-refractivity contribution in [3.05, 3.63) is 71.3 Å². The van der Waals surface area contributed by atoms with Gasteiger partial charge in [-0.1, -0.05) is 6.07 Å². The van der Waals surface area contributed by atoms with Crippen molar-refractivity contribution in [2.24, 2.45) is 0 Å². The second-order valence-electron chi connectivity index (χ2n) is 7.34. The maximum absolute atomic E-state index is 13.5. The van der Waals surface area contributed by atoms with Crippen LogP contribution in [0, 0.1) is 5.82 Å². The molecular weight excluding hydrogens is 415 g/mol. The lowest BCUT2D eigenvalue weighted by atomic mass is 10.1. The smallest absolute Gasteiger partial charge is 0.259 e. The Kier molecular flexibility index (Phi) is 6.07. The molecule has 1 N–H and O–H groups in total. The van der Waals surface area contributed by atoms with Crippen LogP contribution in [-0.4, -0.2) is 47.3 Å². The Morgan fingerprint density at radius 1 is 1.06 bits per heavy atom. The molecule has 0 bridgehead atoms. The van der Waals surface area contributed by atoms with Crippen LogP contribution in [0.3, 0.4) is 0 Å². The Labute approximate surface area is 184 Å². The van der Waals surface area contributed by atoms with Crippen LogP contribution >= 0.6 is 0 Å². The van der Waals surface area contributed by atoms with Crippen LogP contribution in [0.2, 0.25) is 0 Å². The van der Waals surface area contributed by atoms with Crippen LogP contribution in [0.25, 0.3) is 0 Å². The summed E-state index contributed by atoms with van der Waals surface area (Å²) in [4.78, 5) is 27.8. The first-order chi connectivity index (χ1) is 15.5. The largest absolute Gasteiger partial charge is 0.497 e. The summed E-state index contributed by atoms with van der Waals surface area (Å²) in [7, 11) is 3.04. The number of fused-ring (bicyclic) bond motifs is 1. The third kappa shape index (κ3) is 4.27. The normalized spacial score (nSPS) is 13.2. The number of carbonyl (C=O) groups is 2. The minimum absolute atomic E-state index is 0.208. The van der Waals surface area contributed by atoms with Crippen LogP contribution in [0.1, 0.15) is 32.8 Å². The summed E-state index contributed by atoms with van der Waals surface area (Å²) in [5.41, 5.74) is 1.72. The Bertz CT molecular complexity index is 1160. The van der Waals surface area contributed by atoms with Gasteiger partial charge >= 0.3 is 0 Å². The highest BCUT2D eigenvalue weighted by atomic mass is 19.1. The van der Waals surface area contributed by atoms with Crippen LogP contribution in [0.4, 0.5) is 10.1 Å². The average molecular weight is 438 g/mol. The van der Waals surface area contributed by atoms with E-state index in [1.807, 2.05) is 0 Å². The van der Waals surface area contributed by atoms with Gasteiger partial charge in [-0.05, 0) is 36.8 Å². The number of ether oxygens (including phenoxy) is 2. The zero-order valence-corrected chi connectivity index (χ0v) is 17.8. The third-order valence-corrected chi connectivity index (χ3v) is 5.34. The molecule has 0 unspecified atom stereocenters. The van der Waals surface area contributed by atoms with E-state index in [4.69, 9.17) is 9.47 Å². The predicted molar refractivity (Wildman–Crippen MR) is 115 cm³/mol. The van der Waals surface area contributed by atoms with Gasteiger partial charge in [0.15, 0.2) is 0 Å². The van der Waals surface area contributed by atoms with E-state index in [1.165, 1.54) is 31.5 Å². The number of anilines is 1. The maximum Gasteiger partial charge on any atom is 0.259 e. The van der Waals surface area contributed by atoms with Gasteiger partial charge in [0.1, 0.15) is 17.3 Å². The molecule has 0 atom stereocenters. The Morgan fingerprint density at radius 3 is 2.66 bits per heavy atom. The van der Waals surface area contributed by atoms with Gasteiger partial charge in [0, 0.05) is 24.8 Å². The quantitative estimate of drug-likeness (QED) is 0.661. The number of benzene rings is 2. The number of nitrogens with one attached hydrogen (secondary N) is 1. The van der Waals surface area contributed by atoms with Crippen LogP contribution < -0.4 is 14.8 Å². The number of aromatic nitrogens is 2.